The molecule has 1 aromatic rings. The molecule has 1 heterocycles. The zero-order chi connectivity index (χ0) is 14.7. The highest BCUT2D eigenvalue weighted by molar-refractivity contribution is 5.37. The Balaban J connectivity index is 2.81. The number of anilines is 1. The van der Waals surface area contributed by atoms with E-state index in [1.165, 1.54) is 6.07 Å². The molecule has 3 nitrogen and oxygen atoms in total. The molecule has 1 rings (SSSR count). The summed E-state index contributed by atoms with van der Waals surface area (Å²) >= 11 is 0. The fraction of sp³-hybridized carbons (Fsp3) is 0.615. The zero-order valence-corrected chi connectivity index (χ0v) is 11.4. The molecule has 0 saturated carbocycles. The first kappa shape index (κ1) is 15.8. The molecule has 1 aromatic heterocycles. The molecule has 108 valence electrons. The predicted molar refractivity (Wildman–Crippen MR) is 69.8 cm³/mol. The van der Waals surface area contributed by atoms with Crippen molar-refractivity contribution in [3.8, 4) is 0 Å². The highest BCUT2D eigenvalue weighted by atomic mass is 19.4. The summed E-state index contributed by atoms with van der Waals surface area (Å²) in [7, 11) is 0. The lowest BCUT2D eigenvalue weighted by Gasteiger charge is -2.31. The van der Waals surface area contributed by atoms with Crippen LogP contribution in [0.15, 0.2) is 18.3 Å². The molecule has 3 N–H and O–H groups in total. The second-order valence-electron chi connectivity index (χ2n) is 5.57. The van der Waals surface area contributed by atoms with Gasteiger partial charge in [-0.2, -0.15) is 13.2 Å². The van der Waals surface area contributed by atoms with E-state index in [4.69, 9.17) is 5.73 Å². The molecule has 0 radical (unpaired) electrons. The molecule has 1 atom stereocenters. The van der Waals surface area contributed by atoms with Crippen LogP contribution in [0.3, 0.4) is 0 Å². The molecule has 0 aliphatic carbocycles. The highest BCUT2D eigenvalue weighted by Gasteiger charge is 2.31. The summed E-state index contributed by atoms with van der Waals surface area (Å²) in [6.07, 6.45) is -2.79. The summed E-state index contributed by atoms with van der Waals surface area (Å²) in [5.41, 5.74) is 4.75. The van der Waals surface area contributed by atoms with Gasteiger partial charge >= 0.3 is 6.18 Å². The van der Waals surface area contributed by atoms with Crippen LogP contribution < -0.4 is 11.1 Å². The van der Waals surface area contributed by atoms with Crippen LogP contribution in [0, 0.1) is 5.41 Å². The molecule has 0 aliphatic heterocycles. The maximum absolute atomic E-state index is 12.4. The van der Waals surface area contributed by atoms with Gasteiger partial charge < -0.3 is 11.1 Å². The number of nitrogens with two attached hydrogens (primary N) is 1. The monoisotopic (exact) mass is 275 g/mol. The van der Waals surface area contributed by atoms with Gasteiger partial charge in [0.15, 0.2) is 0 Å². The summed E-state index contributed by atoms with van der Waals surface area (Å²) in [5, 5.41) is 3.14. The third-order valence-corrected chi connectivity index (χ3v) is 2.91. The smallest absolute Gasteiger partial charge is 0.367 e. The Labute approximate surface area is 111 Å². The maximum Gasteiger partial charge on any atom is 0.417 e. The molecule has 0 spiro atoms. The minimum atomic E-state index is -4.35. The van der Waals surface area contributed by atoms with Crippen molar-refractivity contribution in [2.24, 2.45) is 11.1 Å². The van der Waals surface area contributed by atoms with Gasteiger partial charge in [0.1, 0.15) is 5.82 Å². The van der Waals surface area contributed by atoms with Gasteiger partial charge in [0.25, 0.3) is 0 Å². The number of aromatic nitrogens is 1. The lowest BCUT2D eigenvalue weighted by Crippen LogP contribution is -2.36. The van der Waals surface area contributed by atoms with Crippen LogP contribution in [0.2, 0.25) is 0 Å². The van der Waals surface area contributed by atoms with Crippen molar-refractivity contribution in [2.45, 2.75) is 39.4 Å². The first-order valence-corrected chi connectivity index (χ1v) is 6.14. The van der Waals surface area contributed by atoms with Crippen molar-refractivity contribution in [1.29, 1.82) is 0 Å². The third kappa shape index (κ3) is 4.70. The number of rotatable bonds is 4. The van der Waals surface area contributed by atoms with Crippen LogP contribution in [0.1, 0.15) is 32.8 Å². The Kier molecular flexibility index (Phi) is 4.79. The van der Waals surface area contributed by atoms with Gasteiger partial charge in [0.2, 0.25) is 0 Å². The van der Waals surface area contributed by atoms with E-state index >= 15 is 0 Å². The molecule has 0 aromatic carbocycles. The largest absolute Gasteiger partial charge is 0.417 e. The van der Waals surface area contributed by atoms with Gasteiger partial charge in [-0.15, -0.1) is 0 Å². The Morgan fingerprint density at radius 3 is 2.26 bits per heavy atom. The quantitative estimate of drug-likeness (QED) is 0.886. The molecule has 19 heavy (non-hydrogen) atoms. The van der Waals surface area contributed by atoms with Gasteiger partial charge in [0.05, 0.1) is 5.56 Å². The van der Waals surface area contributed by atoms with Crippen molar-refractivity contribution in [3.05, 3.63) is 23.9 Å². The highest BCUT2D eigenvalue weighted by Crippen LogP contribution is 2.30. The van der Waals surface area contributed by atoms with E-state index in [2.05, 4.69) is 10.3 Å². The summed E-state index contributed by atoms with van der Waals surface area (Å²) in [6.45, 7) is 6.65. The van der Waals surface area contributed by atoms with Gasteiger partial charge in [-0.3, -0.25) is 0 Å². The molecule has 0 amide bonds. The van der Waals surface area contributed by atoms with Crippen LogP contribution in [0.5, 0.6) is 0 Å². The second kappa shape index (κ2) is 5.77. The standard InChI is InChI=1S/C13H20F3N3/c1-12(2,3)10(6-7-17)19-11-5-4-9(8-18-11)13(14,15)16/h4-5,8,10H,6-7,17H2,1-3H3,(H,18,19). The summed E-state index contributed by atoms with van der Waals surface area (Å²) in [5.74, 6) is 0.432. The van der Waals surface area contributed by atoms with Gasteiger partial charge in [-0.25, -0.2) is 4.98 Å². The first-order chi connectivity index (χ1) is 8.64. The van der Waals surface area contributed by atoms with E-state index < -0.39 is 11.7 Å². The molecule has 1 unspecified atom stereocenters. The maximum atomic E-state index is 12.4. The lowest BCUT2D eigenvalue weighted by atomic mass is 9.85. The van der Waals surface area contributed by atoms with Crippen molar-refractivity contribution >= 4 is 5.82 Å². The number of alkyl halides is 3. The number of hydrogen-bond acceptors (Lipinski definition) is 3. The van der Waals surface area contributed by atoms with Crippen molar-refractivity contribution in [2.75, 3.05) is 11.9 Å². The van der Waals surface area contributed by atoms with Crippen molar-refractivity contribution in [1.82, 2.24) is 4.98 Å². The Morgan fingerprint density at radius 2 is 1.89 bits per heavy atom. The molecule has 0 fully saturated rings. The van der Waals surface area contributed by atoms with Crippen molar-refractivity contribution in [3.63, 3.8) is 0 Å². The average Bonchev–Trinajstić information content (AvgIpc) is 2.26. The number of nitrogens with one attached hydrogen (secondary N) is 1. The van der Waals surface area contributed by atoms with Gasteiger partial charge in [-0.1, -0.05) is 20.8 Å². The van der Waals surface area contributed by atoms with E-state index in [0.717, 1.165) is 18.7 Å². The fourth-order valence-electron chi connectivity index (χ4n) is 1.71. The Morgan fingerprint density at radius 1 is 1.26 bits per heavy atom. The van der Waals surface area contributed by atoms with E-state index in [1.807, 2.05) is 20.8 Å². The second-order valence-corrected chi connectivity index (χ2v) is 5.57. The summed E-state index contributed by atoms with van der Waals surface area (Å²) < 4.78 is 37.2. The van der Waals surface area contributed by atoms with Crippen LogP contribution in [0.25, 0.3) is 0 Å². The number of hydrogen-bond donors (Lipinski definition) is 2. The predicted octanol–water partition coefficient (Wildman–Crippen LogP) is 3.28. The number of pyridine rings is 1. The molecule has 0 saturated heterocycles. The fourth-order valence-corrected chi connectivity index (χ4v) is 1.71. The van der Waals surface area contributed by atoms with E-state index in [9.17, 15) is 13.2 Å². The van der Waals surface area contributed by atoms with Gasteiger partial charge in [0, 0.05) is 12.2 Å². The SMILES string of the molecule is CC(C)(C)C(CCN)Nc1ccc(C(F)(F)F)cn1. The summed E-state index contributed by atoms with van der Waals surface area (Å²) in [6, 6.07) is 2.43. The minimum Gasteiger partial charge on any atom is -0.367 e. The van der Waals surface area contributed by atoms with Crippen LogP contribution in [-0.4, -0.2) is 17.6 Å². The Hall–Kier alpha value is -1.30. The lowest BCUT2D eigenvalue weighted by molar-refractivity contribution is -0.137. The number of nitrogens with zero attached hydrogens (tertiary/aromatic N) is 1. The van der Waals surface area contributed by atoms with Crippen molar-refractivity contribution < 1.29 is 13.2 Å². The third-order valence-electron chi connectivity index (χ3n) is 2.91. The molecule has 0 bridgehead atoms. The topological polar surface area (TPSA) is 50.9 Å². The van der Waals surface area contributed by atoms with Crippen LogP contribution in [-0.2, 0) is 6.18 Å². The van der Waals surface area contributed by atoms with Crippen LogP contribution in [0.4, 0.5) is 19.0 Å². The van der Waals surface area contributed by atoms with E-state index in [1.54, 1.807) is 0 Å². The van der Waals surface area contributed by atoms with E-state index in [-0.39, 0.29) is 11.5 Å². The van der Waals surface area contributed by atoms with Gasteiger partial charge in [-0.05, 0) is 30.5 Å². The van der Waals surface area contributed by atoms with E-state index in [0.29, 0.717) is 12.4 Å². The molecular weight excluding hydrogens is 255 g/mol. The summed E-state index contributed by atoms with van der Waals surface area (Å²) in [4.78, 5) is 3.81. The first-order valence-electron chi connectivity index (χ1n) is 6.14. The normalized spacial score (nSPS) is 14.3. The Bertz CT molecular complexity index is 393. The number of halogens is 3. The molecular formula is C13H20F3N3. The van der Waals surface area contributed by atoms with Crippen LogP contribution >= 0.6 is 0 Å². The minimum absolute atomic E-state index is 0.0518. The molecule has 6 heteroatoms. The average molecular weight is 275 g/mol. The zero-order valence-electron chi connectivity index (χ0n) is 11.4. The molecule has 0 aliphatic rings.